The summed E-state index contributed by atoms with van der Waals surface area (Å²) in [5, 5.41) is 14.3. The van der Waals surface area contributed by atoms with Gasteiger partial charge in [-0.2, -0.15) is 0 Å². The number of H-pyrrole nitrogens is 1. The third-order valence-corrected chi connectivity index (χ3v) is 6.26. The van der Waals surface area contributed by atoms with E-state index in [9.17, 15) is 9.90 Å². The molecular formula is C27H29ClN4O4. The van der Waals surface area contributed by atoms with Crippen molar-refractivity contribution in [3.63, 3.8) is 0 Å². The van der Waals surface area contributed by atoms with Gasteiger partial charge in [0, 0.05) is 54.4 Å². The zero-order valence-corrected chi connectivity index (χ0v) is 20.8. The number of ether oxygens (including phenoxy) is 2. The van der Waals surface area contributed by atoms with E-state index in [2.05, 4.69) is 20.2 Å². The van der Waals surface area contributed by atoms with E-state index < -0.39 is 0 Å². The molecule has 1 aliphatic rings. The number of para-hydroxylation sites is 1. The second kappa shape index (κ2) is 11.4. The predicted molar refractivity (Wildman–Crippen MR) is 141 cm³/mol. The molecule has 2 aromatic heterocycles. The minimum Gasteiger partial charge on any atom is -0.496 e. The summed E-state index contributed by atoms with van der Waals surface area (Å²) in [4.78, 5) is 22.8. The predicted octanol–water partition coefficient (Wildman–Crippen LogP) is 4.13. The summed E-state index contributed by atoms with van der Waals surface area (Å²) in [5.74, 6) is 0.544. The zero-order valence-electron chi connectivity index (χ0n) is 20.0. The highest BCUT2D eigenvalue weighted by molar-refractivity contribution is 6.03. The van der Waals surface area contributed by atoms with Crippen molar-refractivity contribution in [3.8, 4) is 22.9 Å². The minimum absolute atomic E-state index is 0. The maximum Gasteiger partial charge on any atom is 0.251 e. The summed E-state index contributed by atoms with van der Waals surface area (Å²) in [6, 6.07) is 16.8. The molecule has 0 radical (unpaired) electrons. The van der Waals surface area contributed by atoms with Crippen LogP contribution >= 0.6 is 12.4 Å². The van der Waals surface area contributed by atoms with Gasteiger partial charge < -0.3 is 24.9 Å². The molecule has 0 atom stereocenters. The highest BCUT2D eigenvalue weighted by Gasteiger charge is 2.17. The molecule has 3 heterocycles. The van der Waals surface area contributed by atoms with Crippen LogP contribution in [0.25, 0.3) is 22.2 Å². The van der Waals surface area contributed by atoms with Crippen LogP contribution in [0.15, 0.2) is 60.8 Å². The van der Waals surface area contributed by atoms with E-state index in [1.54, 1.807) is 25.3 Å². The maximum absolute atomic E-state index is 12.9. The summed E-state index contributed by atoms with van der Waals surface area (Å²) < 4.78 is 10.8. The van der Waals surface area contributed by atoms with Gasteiger partial charge in [-0.05, 0) is 35.9 Å². The summed E-state index contributed by atoms with van der Waals surface area (Å²) in [7, 11) is 1.61. The molecule has 2 aromatic carbocycles. The van der Waals surface area contributed by atoms with Gasteiger partial charge in [0.05, 0.1) is 31.6 Å². The van der Waals surface area contributed by atoms with Crippen LogP contribution in [0, 0.1) is 0 Å². The van der Waals surface area contributed by atoms with Crippen LogP contribution in [0.4, 0.5) is 0 Å². The molecule has 1 aliphatic heterocycles. The largest absolute Gasteiger partial charge is 0.496 e. The maximum atomic E-state index is 12.9. The van der Waals surface area contributed by atoms with Crippen LogP contribution < -0.4 is 10.1 Å². The molecule has 36 heavy (non-hydrogen) atoms. The number of halogens is 1. The molecule has 5 rings (SSSR count). The smallest absolute Gasteiger partial charge is 0.251 e. The normalized spacial score (nSPS) is 13.8. The molecule has 1 saturated heterocycles. The molecule has 3 N–H and O–H groups in total. The van der Waals surface area contributed by atoms with E-state index in [1.165, 1.54) is 0 Å². The molecular weight excluding hydrogens is 480 g/mol. The number of benzene rings is 2. The minimum atomic E-state index is -0.210. The van der Waals surface area contributed by atoms with Gasteiger partial charge >= 0.3 is 0 Å². The van der Waals surface area contributed by atoms with E-state index in [4.69, 9.17) is 9.47 Å². The Morgan fingerprint density at radius 2 is 1.97 bits per heavy atom. The summed E-state index contributed by atoms with van der Waals surface area (Å²) in [5.41, 5.74) is 4.45. The standard InChI is InChI=1S/C27H28N4O4.ClH/c1-34-24-5-3-2-4-20(24)16-29-26(32)19-7-9-22-21(14-19)25(27(33)30-22)23-8-6-18(15-28-23)17-31-10-12-35-13-11-31;/h2-9,14-15,30,33H,10-13,16-17H2,1H3,(H,29,32);1H. The van der Waals surface area contributed by atoms with Crippen molar-refractivity contribution in [3.05, 3.63) is 77.5 Å². The monoisotopic (exact) mass is 508 g/mol. The lowest BCUT2D eigenvalue weighted by Crippen LogP contribution is -2.35. The van der Waals surface area contributed by atoms with Crippen molar-refractivity contribution < 1.29 is 19.4 Å². The van der Waals surface area contributed by atoms with E-state index in [0.29, 0.717) is 23.4 Å². The highest BCUT2D eigenvalue weighted by Crippen LogP contribution is 2.36. The molecule has 188 valence electrons. The molecule has 4 aromatic rings. The molecule has 1 amide bonds. The molecule has 0 bridgehead atoms. The van der Waals surface area contributed by atoms with E-state index in [1.807, 2.05) is 42.6 Å². The summed E-state index contributed by atoms with van der Waals surface area (Å²) in [6.07, 6.45) is 1.84. The lowest BCUT2D eigenvalue weighted by atomic mass is 10.1. The van der Waals surface area contributed by atoms with Gasteiger partial charge in [-0.25, -0.2) is 0 Å². The number of aromatic amines is 1. The van der Waals surface area contributed by atoms with Gasteiger partial charge in [0.2, 0.25) is 0 Å². The van der Waals surface area contributed by atoms with Crippen LogP contribution in [0.1, 0.15) is 21.5 Å². The Kier molecular flexibility index (Phi) is 8.10. The summed E-state index contributed by atoms with van der Waals surface area (Å²) in [6.45, 7) is 4.48. The molecule has 0 aliphatic carbocycles. The molecule has 9 heteroatoms. The fraction of sp³-hybridized carbons (Fsp3) is 0.259. The van der Waals surface area contributed by atoms with Crippen molar-refractivity contribution in [2.24, 2.45) is 0 Å². The zero-order chi connectivity index (χ0) is 24.2. The van der Waals surface area contributed by atoms with Gasteiger partial charge in [0.1, 0.15) is 5.75 Å². The van der Waals surface area contributed by atoms with Gasteiger partial charge in [-0.15, -0.1) is 12.4 Å². The molecule has 0 spiro atoms. The number of amides is 1. The van der Waals surface area contributed by atoms with Crippen molar-refractivity contribution in [2.75, 3.05) is 33.4 Å². The third kappa shape index (κ3) is 5.46. The average Bonchev–Trinajstić information content (AvgIpc) is 3.23. The number of nitrogens with one attached hydrogen (secondary N) is 2. The number of morpholine rings is 1. The first-order valence-electron chi connectivity index (χ1n) is 11.6. The van der Waals surface area contributed by atoms with Crippen LogP contribution in [0.3, 0.4) is 0 Å². The number of hydrogen-bond donors (Lipinski definition) is 3. The number of aromatic nitrogens is 2. The second-order valence-electron chi connectivity index (χ2n) is 8.54. The SMILES string of the molecule is COc1ccccc1CNC(=O)c1ccc2[nH]c(O)c(-c3ccc(CN4CCOCC4)cn3)c2c1.Cl. The van der Waals surface area contributed by atoms with Crippen molar-refractivity contribution in [1.29, 1.82) is 0 Å². The quantitative estimate of drug-likeness (QED) is 0.347. The van der Waals surface area contributed by atoms with Crippen LogP contribution in [-0.2, 0) is 17.8 Å². The fourth-order valence-electron chi connectivity index (χ4n) is 4.39. The molecule has 0 unspecified atom stereocenters. The topological polar surface area (TPSA) is 99.7 Å². The first-order valence-corrected chi connectivity index (χ1v) is 11.6. The number of nitrogens with zero attached hydrogens (tertiary/aromatic N) is 2. The second-order valence-corrected chi connectivity index (χ2v) is 8.54. The van der Waals surface area contributed by atoms with E-state index in [0.717, 1.165) is 60.6 Å². The number of carbonyl (C=O) groups is 1. The van der Waals surface area contributed by atoms with Crippen LogP contribution in [-0.4, -0.2) is 59.3 Å². The Morgan fingerprint density at radius 3 is 2.72 bits per heavy atom. The fourth-order valence-corrected chi connectivity index (χ4v) is 4.39. The number of pyridine rings is 1. The Hall–Kier alpha value is -3.59. The average molecular weight is 509 g/mol. The molecule has 8 nitrogen and oxygen atoms in total. The first kappa shape index (κ1) is 25.5. The van der Waals surface area contributed by atoms with Crippen molar-refractivity contribution in [1.82, 2.24) is 20.2 Å². The number of aromatic hydroxyl groups is 1. The van der Waals surface area contributed by atoms with Crippen LogP contribution in [0.2, 0.25) is 0 Å². The van der Waals surface area contributed by atoms with Crippen molar-refractivity contribution >= 4 is 29.2 Å². The Balaban J connectivity index is 0.00000304. The number of fused-ring (bicyclic) bond motifs is 1. The Labute approximate surface area is 215 Å². The van der Waals surface area contributed by atoms with Gasteiger partial charge in [-0.3, -0.25) is 14.7 Å². The number of carbonyl (C=O) groups excluding carboxylic acids is 1. The Bertz CT molecular complexity index is 1330. The van der Waals surface area contributed by atoms with Crippen LogP contribution in [0.5, 0.6) is 11.6 Å². The molecule has 0 saturated carbocycles. The Morgan fingerprint density at radius 1 is 1.17 bits per heavy atom. The molecule has 1 fully saturated rings. The van der Waals surface area contributed by atoms with Gasteiger partial charge in [0.25, 0.3) is 5.91 Å². The van der Waals surface area contributed by atoms with Crippen molar-refractivity contribution in [2.45, 2.75) is 13.1 Å². The number of hydrogen-bond acceptors (Lipinski definition) is 6. The first-order chi connectivity index (χ1) is 17.1. The van der Waals surface area contributed by atoms with E-state index in [-0.39, 0.29) is 24.2 Å². The number of methoxy groups -OCH3 is 1. The number of rotatable bonds is 7. The van der Waals surface area contributed by atoms with Gasteiger partial charge in [-0.1, -0.05) is 24.3 Å². The van der Waals surface area contributed by atoms with Gasteiger partial charge in [0.15, 0.2) is 5.88 Å². The third-order valence-electron chi connectivity index (χ3n) is 6.26. The highest BCUT2D eigenvalue weighted by atomic mass is 35.5. The summed E-state index contributed by atoms with van der Waals surface area (Å²) >= 11 is 0. The van der Waals surface area contributed by atoms with E-state index >= 15 is 0 Å². The lowest BCUT2D eigenvalue weighted by Gasteiger charge is -2.26. The lowest BCUT2D eigenvalue weighted by molar-refractivity contribution is 0.0341.